The van der Waals surface area contributed by atoms with Crippen molar-refractivity contribution in [2.24, 2.45) is 0 Å². The molecule has 0 saturated carbocycles. The van der Waals surface area contributed by atoms with Gasteiger partial charge in [-0.25, -0.2) is 9.97 Å². The lowest BCUT2D eigenvalue weighted by Gasteiger charge is -2.36. The van der Waals surface area contributed by atoms with Gasteiger partial charge in [0.05, 0.1) is 16.8 Å². The molecule has 64 heavy (non-hydrogen) atoms. The van der Waals surface area contributed by atoms with Crippen LogP contribution in [-0.4, -0.2) is 9.97 Å². The molecular weight excluding hydrogens is 793 g/mol. The molecule has 0 radical (unpaired) electrons. The molecular formula is C61H50N2S. The number of fused-ring (bicyclic) bond motifs is 6. The first kappa shape index (κ1) is 39.9. The molecule has 0 aliphatic heterocycles. The van der Waals surface area contributed by atoms with Crippen molar-refractivity contribution in [3.8, 4) is 56.2 Å². The van der Waals surface area contributed by atoms with E-state index in [0.717, 1.165) is 33.6 Å². The minimum Gasteiger partial charge on any atom is -0.228 e. The predicted octanol–water partition coefficient (Wildman–Crippen LogP) is 16.5. The summed E-state index contributed by atoms with van der Waals surface area (Å²) in [5, 5.41) is 2.53. The van der Waals surface area contributed by atoms with Gasteiger partial charge in [0.2, 0.25) is 0 Å². The molecule has 0 N–H and O–H groups in total. The molecule has 0 atom stereocenters. The summed E-state index contributed by atoms with van der Waals surface area (Å²) in [4.78, 5) is 10.5. The Morgan fingerprint density at radius 3 is 1.64 bits per heavy atom. The summed E-state index contributed by atoms with van der Waals surface area (Å²) in [5.41, 5.74) is 17.1. The van der Waals surface area contributed by atoms with Crippen LogP contribution in [0.2, 0.25) is 0 Å². The Morgan fingerprint density at radius 1 is 0.375 bits per heavy atom. The minimum absolute atomic E-state index is 0.0139. The van der Waals surface area contributed by atoms with E-state index in [1.54, 1.807) is 0 Å². The average molecular weight is 843 g/mol. The maximum absolute atomic E-state index is 5.27. The van der Waals surface area contributed by atoms with Crippen LogP contribution < -0.4 is 0 Å². The minimum atomic E-state index is -0.539. The van der Waals surface area contributed by atoms with Gasteiger partial charge in [0.25, 0.3) is 0 Å². The number of rotatable bonds is 6. The molecule has 11 rings (SSSR count). The van der Waals surface area contributed by atoms with Crippen LogP contribution in [0.1, 0.15) is 74.9 Å². The second-order valence-electron chi connectivity index (χ2n) is 19.4. The van der Waals surface area contributed by atoms with E-state index in [9.17, 15) is 0 Å². The van der Waals surface area contributed by atoms with Crippen molar-refractivity contribution in [3.63, 3.8) is 0 Å². The second kappa shape index (κ2) is 15.1. The first-order valence-electron chi connectivity index (χ1n) is 22.4. The van der Waals surface area contributed by atoms with Crippen molar-refractivity contribution in [1.29, 1.82) is 0 Å². The highest BCUT2D eigenvalue weighted by molar-refractivity contribution is 7.25. The second-order valence-corrected chi connectivity index (χ2v) is 20.5. The summed E-state index contributed by atoms with van der Waals surface area (Å²) in [6.07, 6.45) is 0. The molecule has 0 bridgehead atoms. The van der Waals surface area contributed by atoms with E-state index >= 15 is 0 Å². The van der Waals surface area contributed by atoms with Crippen molar-refractivity contribution >= 4 is 31.5 Å². The number of aromatic nitrogens is 2. The van der Waals surface area contributed by atoms with Crippen LogP contribution in [0.15, 0.2) is 194 Å². The van der Waals surface area contributed by atoms with Crippen LogP contribution in [0.5, 0.6) is 0 Å². The fourth-order valence-corrected chi connectivity index (χ4v) is 11.0. The first-order valence-corrected chi connectivity index (χ1v) is 23.2. The predicted molar refractivity (Wildman–Crippen MR) is 271 cm³/mol. The Kier molecular flexibility index (Phi) is 9.41. The number of hydrogen-bond donors (Lipinski definition) is 0. The highest BCUT2D eigenvalue weighted by Crippen LogP contribution is 2.57. The van der Waals surface area contributed by atoms with E-state index in [0.29, 0.717) is 5.82 Å². The van der Waals surface area contributed by atoms with Gasteiger partial charge in [0, 0.05) is 36.9 Å². The Labute approximate surface area is 381 Å². The summed E-state index contributed by atoms with van der Waals surface area (Å²) in [6.45, 7) is 13.9. The Morgan fingerprint density at radius 2 is 0.922 bits per heavy atom. The molecule has 0 fully saturated rings. The Balaban J connectivity index is 1.09. The van der Waals surface area contributed by atoms with E-state index in [1.807, 2.05) is 17.4 Å². The summed E-state index contributed by atoms with van der Waals surface area (Å²) in [5.74, 6) is 0.712. The zero-order valence-electron chi connectivity index (χ0n) is 37.3. The van der Waals surface area contributed by atoms with Gasteiger partial charge >= 0.3 is 0 Å². The quantitative estimate of drug-likeness (QED) is 0.167. The van der Waals surface area contributed by atoms with E-state index in [1.165, 1.54) is 70.2 Å². The van der Waals surface area contributed by atoms with E-state index < -0.39 is 5.41 Å². The lowest BCUT2D eigenvalue weighted by Crippen LogP contribution is -2.30. The molecule has 3 heteroatoms. The lowest BCUT2D eigenvalue weighted by atomic mass is 9.66. The van der Waals surface area contributed by atoms with E-state index in [-0.39, 0.29) is 10.8 Å². The molecule has 0 spiro atoms. The van der Waals surface area contributed by atoms with Crippen molar-refractivity contribution in [2.75, 3.05) is 0 Å². The first-order chi connectivity index (χ1) is 30.9. The fraction of sp³-hybridized carbons (Fsp3) is 0.148. The molecule has 310 valence electrons. The molecule has 10 aromatic rings. The van der Waals surface area contributed by atoms with Crippen LogP contribution >= 0.6 is 11.3 Å². The zero-order chi connectivity index (χ0) is 43.8. The van der Waals surface area contributed by atoms with Gasteiger partial charge in [-0.2, -0.15) is 0 Å². The molecule has 0 saturated heterocycles. The monoisotopic (exact) mass is 842 g/mol. The van der Waals surface area contributed by atoms with Crippen molar-refractivity contribution < 1.29 is 0 Å². The average Bonchev–Trinajstić information content (AvgIpc) is 3.84. The van der Waals surface area contributed by atoms with Crippen LogP contribution in [0.4, 0.5) is 0 Å². The molecule has 1 aliphatic carbocycles. The summed E-state index contributed by atoms with van der Waals surface area (Å²) >= 11 is 1.84. The molecule has 8 aromatic carbocycles. The SMILES string of the molecule is CC(C)(C)c1cccc(C2(c3cccc(C(C)(C)C)c3)c3ccccc3-c3ccc(-c4cccc(-c5cc(-c6ccc7sc8ccccc8c7c6)nc(-c6ccccc6)n5)c4)cc32)c1. The van der Waals surface area contributed by atoms with E-state index in [2.05, 4.69) is 230 Å². The summed E-state index contributed by atoms with van der Waals surface area (Å²) < 4.78 is 2.57. The third kappa shape index (κ3) is 6.69. The molecule has 0 unspecified atom stereocenters. The summed E-state index contributed by atoms with van der Waals surface area (Å²) in [6, 6.07) is 71.8. The normalized spacial score (nSPS) is 13.3. The number of hydrogen-bond acceptors (Lipinski definition) is 3. The smallest absolute Gasteiger partial charge is 0.160 e. The van der Waals surface area contributed by atoms with Crippen LogP contribution in [0, 0.1) is 0 Å². The van der Waals surface area contributed by atoms with Crippen molar-refractivity contribution in [3.05, 3.63) is 228 Å². The molecule has 2 nitrogen and oxygen atoms in total. The van der Waals surface area contributed by atoms with Crippen LogP contribution in [0.3, 0.4) is 0 Å². The maximum atomic E-state index is 5.27. The largest absolute Gasteiger partial charge is 0.228 e. The zero-order valence-corrected chi connectivity index (χ0v) is 38.1. The van der Waals surface area contributed by atoms with Gasteiger partial charge in [-0.15, -0.1) is 11.3 Å². The molecule has 2 heterocycles. The lowest BCUT2D eigenvalue weighted by molar-refractivity contribution is 0.585. The Hall–Kier alpha value is -6.94. The highest BCUT2D eigenvalue weighted by Gasteiger charge is 2.47. The van der Waals surface area contributed by atoms with Gasteiger partial charge in [-0.05, 0) is 103 Å². The van der Waals surface area contributed by atoms with Gasteiger partial charge in [0.1, 0.15) is 0 Å². The van der Waals surface area contributed by atoms with Crippen molar-refractivity contribution in [1.82, 2.24) is 9.97 Å². The molecule has 0 amide bonds. The number of nitrogens with zero attached hydrogens (tertiary/aromatic N) is 2. The molecule has 1 aliphatic rings. The van der Waals surface area contributed by atoms with Gasteiger partial charge in [-0.3, -0.25) is 0 Å². The van der Waals surface area contributed by atoms with E-state index in [4.69, 9.17) is 9.97 Å². The fourth-order valence-electron chi connectivity index (χ4n) is 9.89. The highest BCUT2D eigenvalue weighted by atomic mass is 32.1. The van der Waals surface area contributed by atoms with Crippen LogP contribution in [0.25, 0.3) is 76.3 Å². The van der Waals surface area contributed by atoms with Gasteiger partial charge in [-0.1, -0.05) is 199 Å². The van der Waals surface area contributed by atoms with Gasteiger partial charge in [0.15, 0.2) is 5.82 Å². The van der Waals surface area contributed by atoms with Crippen molar-refractivity contribution in [2.45, 2.75) is 57.8 Å². The number of thiophene rings is 1. The van der Waals surface area contributed by atoms with Crippen LogP contribution in [-0.2, 0) is 16.2 Å². The third-order valence-electron chi connectivity index (χ3n) is 13.3. The summed E-state index contributed by atoms with van der Waals surface area (Å²) in [7, 11) is 0. The molecule has 2 aromatic heterocycles. The van der Waals surface area contributed by atoms with Gasteiger partial charge < -0.3 is 0 Å². The number of benzene rings is 8. The standard InChI is InChI=1S/C61H50N2S/c1-59(2,3)44-21-15-23-46(36-44)61(47-24-16-22-45(37-47)60(4,5)6)52-27-12-10-25-48(52)49-31-29-41(35-53(49)61)40-19-14-20-42(33-40)54-38-55(63-58(62-54)39-17-8-7-9-18-39)43-30-32-57-51(34-43)50-26-11-13-28-56(50)64-57/h7-38H,1-6H3. The topological polar surface area (TPSA) is 25.8 Å². The maximum Gasteiger partial charge on any atom is 0.160 e. The Bertz CT molecular complexity index is 3360. The third-order valence-corrected chi connectivity index (χ3v) is 14.4.